The fourth-order valence-corrected chi connectivity index (χ4v) is 3.09. The summed E-state index contributed by atoms with van der Waals surface area (Å²) >= 11 is 0. The van der Waals surface area contributed by atoms with Crippen LogP contribution in [0.15, 0.2) is 18.2 Å². The van der Waals surface area contributed by atoms with Gasteiger partial charge in [0.05, 0.1) is 20.5 Å². The van der Waals surface area contributed by atoms with Gasteiger partial charge in [0.1, 0.15) is 0 Å². The van der Waals surface area contributed by atoms with E-state index in [4.69, 9.17) is 9.47 Å². The highest BCUT2D eigenvalue weighted by atomic mass is 32.2. The number of hydrogen-bond donors (Lipinski definition) is 1. The number of nitrogens with zero attached hydrogens (tertiary/aromatic N) is 1. The van der Waals surface area contributed by atoms with Crippen LogP contribution in [0, 0.1) is 5.92 Å². The average molecular weight is 372 g/mol. The van der Waals surface area contributed by atoms with E-state index in [1.807, 2.05) is 12.1 Å². The summed E-state index contributed by atoms with van der Waals surface area (Å²) in [6, 6.07) is 5.50. The van der Waals surface area contributed by atoms with Crippen LogP contribution in [-0.4, -0.2) is 58.7 Å². The van der Waals surface area contributed by atoms with Gasteiger partial charge in [0, 0.05) is 25.6 Å². The predicted octanol–water partition coefficient (Wildman–Crippen LogP) is 1.28. The van der Waals surface area contributed by atoms with Gasteiger partial charge in [0.15, 0.2) is 11.5 Å². The summed E-state index contributed by atoms with van der Waals surface area (Å²) in [4.78, 5) is 11.6. The molecule has 1 aromatic rings. The van der Waals surface area contributed by atoms with Crippen LogP contribution in [-0.2, 0) is 21.2 Å². The van der Waals surface area contributed by atoms with Crippen LogP contribution in [0.4, 0.5) is 0 Å². The van der Waals surface area contributed by atoms with Crippen LogP contribution in [0.25, 0.3) is 0 Å². The molecule has 0 unspecified atom stereocenters. The molecule has 0 saturated heterocycles. The number of carbonyl (C=O) groups is 1. The molecule has 1 N–H and O–H groups in total. The number of benzene rings is 1. The van der Waals surface area contributed by atoms with E-state index < -0.39 is 10.0 Å². The second-order valence-corrected chi connectivity index (χ2v) is 8.03. The minimum Gasteiger partial charge on any atom is -0.493 e. The van der Waals surface area contributed by atoms with Crippen molar-refractivity contribution in [3.05, 3.63) is 23.8 Å². The fourth-order valence-electron chi connectivity index (χ4n) is 2.24. The maximum Gasteiger partial charge on any atom is 0.222 e. The lowest BCUT2D eigenvalue weighted by molar-refractivity contribution is -0.123. The maximum atomic E-state index is 12.0. The second-order valence-electron chi connectivity index (χ2n) is 6.05. The maximum absolute atomic E-state index is 12.0. The Hall–Kier alpha value is -1.80. The molecule has 0 aliphatic rings. The van der Waals surface area contributed by atoms with E-state index in [1.54, 1.807) is 34.1 Å². The van der Waals surface area contributed by atoms with Crippen molar-refractivity contribution in [3.63, 3.8) is 0 Å². The van der Waals surface area contributed by atoms with Gasteiger partial charge < -0.3 is 14.8 Å². The zero-order chi connectivity index (χ0) is 19.0. The van der Waals surface area contributed by atoms with Crippen molar-refractivity contribution in [1.29, 1.82) is 0 Å². The van der Waals surface area contributed by atoms with E-state index >= 15 is 0 Å². The number of amides is 1. The van der Waals surface area contributed by atoms with Crippen LogP contribution >= 0.6 is 0 Å². The van der Waals surface area contributed by atoms with Gasteiger partial charge in [0.2, 0.25) is 15.9 Å². The van der Waals surface area contributed by atoms with Gasteiger partial charge in [-0.25, -0.2) is 12.7 Å². The third-order valence-corrected chi connectivity index (χ3v) is 5.05. The molecule has 1 rings (SSSR count). The first-order chi connectivity index (χ1) is 11.7. The first-order valence-electron chi connectivity index (χ1n) is 8.12. The van der Waals surface area contributed by atoms with Gasteiger partial charge in [-0.2, -0.15) is 0 Å². The zero-order valence-corrected chi connectivity index (χ0v) is 16.4. The average Bonchev–Trinajstić information content (AvgIpc) is 2.55. The molecule has 0 atom stereocenters. The highest BCUT2D eigenvalue weighted by Gasteiger charge is 2.17. The normalized spacial score (nSPS) is 11.6. The SMILES string of the molecule is COc1ccc(CCN(CCNC(=O)C(C)C)S(C)(=O)=O)cc1OC. The van der Waals surface area contributed by atoms with E-state index in [9.17, 15) is 13.2 Å². The molecule has 0 heterocycles. The fraction of sp³-hybridized carbons (Fsp3) is 0.588. The van der Waals surface area contributed by atoms with Crippen LogP contribution < -0.4 is 14.8 Å². The molecule has 0 saturated carbocycles. The summed E-state index contributed by atoms with van der Waals surface area (Å²) in [5.41, 5.74) is 0.942. The molecule has 0 fully saturated rings. The minimum atomic E-state index is -3.36. The molecule has 0 aliphatic heterocycles. The first kappa shape index (κ1) is 21.2. The Kier molecular flexibility index (Phi) is 8.18. The molecule has 25 heavy (non-hydrogen) atoms. The number of carbonyl (C=O) groups excluding carboxylic acids is 1. The summed E-state index contributed by atoms with van der Waals surface area (Å²) < 4.78 is 35.7. The van der Waals surface area contributed by atoms with E-state index in [1.165, 1.54) is 10.6 Å². The lowest BCUT2D eigenvalue weighted by Gasteiger charge is -2.20. The van der Waals surface area contributed by atoms with Gasteiger partial charge in [-0.05, 0) is 24.1 Å². The van der Waals surface area contributed by atoms with Crippen molar-refractivity contribution in [1.82, 2.24) is 9.62 Å². The van der Waals surface area contributed by atoms with Crippen LogP contribution in [0.2, 0.25) is 0 Å². The van der Waals surface area contributed by atoms with Crippen molar-refractivity contribution >= 4 is 15.9 Å². The number of methoxy groups -OCH3 is 2. The van der Waals surface area contributed by atoms with Gasteiger partial charge in [-0.3, -0.25) is 4.79 Å². The molecule has 0 aliphatic carbocycles. The molecule has 0 aromatic heterocycles. The Morgan fingerprint density at radius 2 is 1.80 bits per heavy atom. The molecule has 1 aromatic carbocycles. The molecule has 0 bridgehead atoms. The van der Waals surface area contributed by atoms with E-state index in [0.717, 1.165) is 5.56 Å². The summed E-state index contributed by atoms with van der Waals surface area (Å²) in [6.07, 6.45) is 1.71. The van der Waals surface area contributed by atoms with Gasteiger partial charge in [-0.1, -0.05) is 19.9 Å². The number of hydrogen-bond acceptors (Lipinski definition) is 5. The van der Waals surface area contributed by atoms with Crippen LogP contribution in [0.5, 0.6) is 11.5 Å². The number of ether oxygens (including phenoxy) is 2. The smallest absolute Gasteiger partial charge is 0.222 e. The highest BCUT2D eigenvalue weighted by Crippen LogP contribution is 2.27. The number of nitrogens with one attached hydrogen (secondary N) is 1. The first-order valence-corrected chi connectivity index (χ1v) is 9.97. The molecule has 0 radical (unpaired) electrons. The summed E-state index contributed by atoms with van der Waals surface area (Å²) in [6.45, 7) is 4.44. The largest absolute Gasteiger partial charge is 0.493 e. The topological polar surface area (TPSA) is 84.9 Å². The Morgan fingerprint density at radius 1 is 1.16 bits per heavy atom. The molecule has 8 heteroatoms. The summed E-state index contributed by atoms with van der Waals surface area (Å²) in [5, 5.41) is 2.73. The lowest BCUT2D eigenvalue weighted by Crippen LogP contribution is -2.40. The van der Waals surface area contributed by atoms with Crippen molar-refractivity contribution in [2.45, 2.75) is 20.3 Å². The molecule has 0 spiro atoms. The Bertz CT molecular complexity index is 674. The lowest BCUT2D eigenvalue weighted by atomic mass is 10.1. The second kappa shape index (κ2) is 9.62. The van der Waals surface area contributed by atoms with Crippen molar-refractivity contribution < 1.29 is 22.7 Å². The van der Waals surface area contributed by atoms with Gasteiger partial charge in [-0.15, -0.1) is 0 Å². The minimum absolute atomic E-state index is 0.0895. The van der Waals surface area contributed by atoms with E-state index in [2.05, 4.69) is 5.32 Å². The standard InChI is InChI=1S/C17H28N2O5S/c1-13(2)17(20)18-9-11-19(25(5,21)22)10-8-14-6-7-15(23-3)16(12-14)24-4/h6-7,12-13H,8-11H2,1-5H3,(H,18,20). The quantitative estimate of drug-likeness (QED) is 0.669. The zero-order valence-electron chi connectivity index (χ0n) is 15.5. The Morgan fingerprint density at radius 3 is 2.32 bits per heavy atom. The predicted molar refractivity (Wildman–Crippen MR) is 97.5 cm³/mol. The van der Waals surface area contributed by atoms with Crippen LogP contribution in [0.3, 0.4) is 0 Å². The molecular weight excluding hydrogens is 344 g/mol. The van der Waals surface area contributed by atoms with E-state index in [0.29, 0.717) is 24.5 Å². The molecular formula is C17H28N2O5S. The molecule has 1 amide bonds. The third kappa shape index (κ3) is 6.91. The Labute approximate surface area is 150 Å². The van der Waals surface area contributed by atoms with Gasteiger partial charge >= 0.3 is 0 Å². The van der Waals surface area contributed by atoms with E-state index in [-0.39, 0.29) is 24.9 Å². The van der Waals surface area contributed by atoms with Gasteiger partial charge in [0.25, 0.3) is 0 Å². The van der Waals surface area contributed by atoms with Crippen LogP contribution in [0.1, 0.15) is 19.4 Å². The van der Waals surface area contributed by atoms with Crippen molar-refractivity contribution in [3.8, 4) is 11.5 Å². The number of sulfonamides is 1. The molecule has 142 valence electrons. The molecule has 7 nitrogen and oxygen atoms in total. The number of rotatable bonds is 10. The Balaban J connectivity index is 2.69. The van der Waals surface area contributed by atoms with Crippen molar-refractivity contribution in [2.75, 3.05) is 40.1 Å². The summed E-state index contributed by atoms with van der Waals surface area (Å²) in [5.74, 6) is 1.02. The monoisotopic (exact) mass is 372 g/mol. The highest BCUT2D eigenvalue weighted by molar-refractivity contribution is 7.88. The van der Waals surface area contributed by atoms with Crippen molar-refractivity contribution in [2.24, 2.45) is 5.92 Å². The summed E-state index contributed by atoms with van der Waals surface area (Å²) in [7, 11) is -0.234. The third-order valence-electron chi connectivity index (χ3n) is 3.75.